The van der Waals surface area contributed by atoms with Gasteiger partial charge in [-0.3, -0.25) is 0 Å². The molecule has 0 amide bonds. The summed E-state index contributed by atoms with van der Waals surface area (Å²) in [5.41, 5.74) is 4.03. The molecule has 3 aromatic rings. The standard InChI is InChI=1S/C14H12ClN3/c1-2-10-8-13-16-9-12(15)18(13)17-14(10)11-6-4-3-5-7-11/h3-9H,2H2,1H3. The molecule has 4 heteroatoms. The second kappa shape index (κ2) is 4.42. The van der Waals surface area contributed by atoms with E-state index >= 15 is 0 Å². The fraction of sp³-hybridized carbons (Fsp3) is 0.143. The zero-order chi connectivity index (χ0) is 12.5. The molecule has 1 aromatic carbocycles. The first-order valence-corrected chi connectivity index (χ1v) is 6.26. The van der Waals surface area contributed by atoms with E-state index < -0.39 is 0 Å². The zero-order valence-electron chi connectivity index (χ0n) is 9.97. The summed E-state index contributed by atoms with van der Waals surface area (Å²) < 4.78 is 1.67. The van der Waals surface area contributed by atoms with Crippen LogP contribution < -0.4 is 0 Å². The van der Waals surface area contributed by atoms with E-state index in [9.17, 15) is 0 Å². The van der Waals surface area contributed by atoms with Crippen LogP contribution in [0.3, 0.4) is 0 Å². The van der Waals surface area contributed by atoms with Crippen LogP contribution in [0, 0.1) is 0 Å². The summed E-state index contributed by atoms with van der Waals surface area (Å²) in [6, 6.07) is 12.2. The van der Waals surface area contributed by atoms with Gasteiger partial charge in [0.05, 0.1) is 11.9 Å². The third kappa shape index (κ3) is 1.77. The Labute approximate surface area is 110 Å². The SMILES string of the molecule is CCc1cc2ncc(Cl)n2nc1-c1ccccc1. The summed E-state index contributed by atoms with van der Waals surface area (Å²) in [4.78, 5) is 4.23. The van der Waals surface area contributed by atoms with Crippen molar-refractivity contribution >= 4 is 17.2 Å². The predicted molar refractivity (Wildman–Crippen MR) is 72.8 cm³/mol. The van der Waals surface area contributed by atoms with Crippen molar-refractivity contribution in [2.75, 3.05) is 0 Å². The van der Waals surface area contributed by atoms with Gasteiger partial charge in [-0.2, -0.15) is 5.10 Å². The highest BCUT2D eigenvalue weighted by Gasteiger charge is 2.10. The lowest BCUT2D eigenvalue weighted by molar-refractivity contribution is 0.921. The Morgan fingerprint density at radius 3 is 2.72 bits per heavy atom. The van der Waals surface area contributed by atoms with E-state index in [2.05, 4.69) is 29.1 Å². The molecule has 0 unspecified atom stereocenters. The van der Waals surface area contributed by atoms with Crippen LogP contribution in [0.1, 0.15) is 12.5 Å². The molecule has 0 fully saturated rings. The number of nitrogens with zero attached hydrogens (tertiary/aromatic N) is 3. The first-order chi connectivity index (χ1) is 8.79. The summed E-state index contributed by atoms with van der Waals surface area (Å²) in [6.07, 6.45) is 2.54. The van der Waals surface area contributed by atoms with Crippen LogP contribution >= 0.6 is 11.6 Å². The molecule has 0 atom stereocenters. The van der Waals surface area contributed by atoms with Crippen molar-refractivity contribution in [3.05, 3.63) is 53.3 Å². The topological polar surface area (TPSA) is 30.2 Å². The van der Waals surface area contributed by atoms with Gasteiger partial charge in [0.25, 0.3) is 0 Å². The van der Waals surface area contributed by atoms with E-state index in [0.717, 1.165) is 23.3 Å². The first kappa shape index (κ1) is 11.2. The Bertz CT molecular complexity index is 689. The van der Waals surface area contributed by atoms with Crippen molar-refractivity contribution in [2.24, 2.45) is 0 Å². The molecule has 0 aliphatic heterocycles. The number of hydrogen-bond acceptors (Lipinski definition) is 2. The number of imidazole rings is 1. The van der Waals surface area contributed by atoms with Gasteiger partial charge in [-0.1, -0.05) is 48.9 Å². The van der Waals surface area contributed by atoms with Crippen LogP contribution in [0.4, 0.5) is 0 Å². The van der Waals surface area contributed by atoms with E-state index in [-0.39, 0.29) is 0 Å². The monoisotopic (exact) mass is 257 g/mol. The Hall–Kier alpha value is -1.87. The average molecular weight is 258 g/mol. The van der Waals surface area contributed by atoms with E-state index in [1.54, 1.807) is 10.7 Å². The number of halogens is 1. The van der Waals surface area contributed by atoms with E-state index in [1.807, 2.05) is 24.3 Å². The van der Waals surface area contributed by atoms with Gasteiger partial charge in [0, 0.05) is 5.56 Å². The van der Waals surface area contributed by atoms with Gasteiger partial charge in [-0.05, 0) is 18.1 Å². The highest BCUT2D eigenvalue weighted by atomic mass is 35.5. The highest BCUT2D eigenvalue weighted by molar-refractivity contribution is 6.29. The van der Waals surface area contributed by atoms with Gasteiger partial charge in [0.1, 0.15) is 0 Å². The van der Waals surface area contributed by atoms with E-state index in [4.69, 9.17) is 11.6 Å². The third-order valence-electron chi connectivity index (χ3n) is 2.96. The van der Waals surface area contributed by atoms with Crippen molar-refractivity contribution < 1.29 is 0 Å². The molecule has 0 saturated carbocycles. The minimum Gasteiger partial charge on any atom is -0.234 e. The molecule has 3 rings (SSSR count). The second-order valence-electron chi connectivity index (χ2n) is 4.09. The van der Waals surface area contributed by atoms with Crippen LogP contribution in [-0.4, -0.2) is 14.6 Å². The van der Waals surface area contributed by atoms with Crippen molar-refractivity contribution in [1.82, 2.24) is 14.6 Å². The molecular formula is C14H12ClN3. The molecular weight excluding hydrogens is 246 g/mol. The number of rotatable bonds is 2. The Balaban J connectivity index is 2.29. The van der Waals surface area contributed by atoms with Crippen molar-refractivity contribution in [3.63, 3.8) is 0 Å². The van der Waals surface area contributed by atoms with Gasteiger partial charge in [-0.15, -0.1) is 0 Å². The molecule has 0 N–H and O–H groups in total. The number of fused-ring (bicyclic) bond motifs is 1. The van der Waals surface area contributed by atoms with E-state index in [1.165, 1.54) is 5.56 Å². The Kier molecular flexibility index (Phi) is 2.76. The minimum absolute atomic E-state index is 0.532. The normalized spacial score (nSPS) is 11.0. The van der Waals surface area contributed by atoms with Crippen molar-refractivity contribution in [1.29, 1.82) is 0 Å². The molecule has 0 bridgehead atoms. The largest absolute Gasteiger partial charge is 0.234 e. The lowest BCUT2D eigenvalue weighted by Crippen LogP contribution is -1.99. The smallest absolute Gasteiger partial charge is 0.155 e. The molecule has 0 spiro atoms. The average Bonchev–Trinajstić information content (AvgIpc) is 2.79. The maximum absolute atomic E-state index is 6.07. The van der Waals surface area contributed by atoms with Crippen LogP contribution in [0.25, 0.3) is 16.9 Å². The molecule has 3 nitrogen and oxygen atoms in total. The Morgan fingerprint density at radius 1 is 1.22 bits per heavy atom. The second-order valence-corrected chi connectivity index (χ2v) is 4.48. The van der Waals surface area contributed by atoms with Gasteiger partial charge >= 0.3 is 0 Å². The van der Waals surface area contributed by atoms with Crippen LogP contribution in [0.15, 0.2) is 42.6 Å². The predicted octanol–water partition coefficient (Wildman–Crippen LogP) is 3.61. The van der Waals surface area contributed by atoms with Crippen molar-refractivity contribution in [2.45, 2.75) is 13.3 Å². The van der Waals surface area contributed by atoms with Crippen LogP contribution in [0.5, 0.6) is 0 Å². The van der Waals surface area contributed by atoms with Gasteiger partial charge in [0.15, 0.2) is 10.8 Å². The quantitative estimate of drug-likeness (QED) is 0.702. The molecule has 0 saturated heterocycles. The van der Waals surface area contributed by atoms with Crippen LogP contribution in [-0.2, 0) is 6.42 Å². The zero-order valence-corrected chi connectivity index (χ0v) is 10.7. The highest BCUT2D eigenvalue weighted by Crippen LogP contribution is 2.24. The number of aryl methyl sites for hydroxylation is 1. The van der Waals surface area contributed by atoms with Crippen LogP contribution in [0.2, 0.25) is 5.15 Å². The summed E-state index contributed by atoms with van der Waals surface area (Å²) in [7, 11) is 0. The fourth-order valence-electron chi connectivity index (χ4n) is 2.03. The molecule has 2 heterocycles. The maximum Gasteiger partial charge on any atom is 0.155 e. The molecule has 18 heavy (non-hydrogen) atoms. The maximum atomic E-state index is 6.07. The fourth-order valence-corrected chi connectivity index (χ4v) is 2.21. The summed E-state index contributed by atoms with van der Waals surface area (Å²) in [6.45, 7) is 2.12. The minimum atomic E-state index is 0.532. The van der Waals surface area contributed by atoms with Gasteiger partial charge in [0.2, 0.25) is 0 Å². The van der Waals surface area contributed by atoms with Gasteiger partial charge in [-0.25, -0.2) is 9.50 Å². The lowest BCUT2D eigenvalue weighted by Gasteiger charge is -2.08. The van der Waals surface area contributed by atoms with Crippen molar-refractivity contribution in [3.8, 4) is 11.3 Å². The molecule has 0 aliphatic carbocycles. The Morgan fingerprint density at radius 2 is 2.00 bits per heavy atom. The summed E-state index contributed by atoms with van der Waals surface area (Å²) in [5.74, 6) is 0. The first-order valence-electron chi connectivity index (χ1n) is 5.88. The number of benzene rings is 1. The summed E-state index contributed by atoms with van der Waals surface area (Å²) >= 11 is 6.07. The van der Waals surface area contributed by atoms with Gasteiger partial charge < -0.3 is 0 Å². The summed E-state index contributed by atoms with van der Waals surface area (Å²) in [5, 5.41) is 5.13. The number of aromatic nitrogens is 3. The number of hydrogen-bond donors (Lipinski definition) is 0. The molecule has 90 valence electrons. The molecule has 2 aromatic heterocycles. The van der Waals surface area contributed by atoms with E-state index in [0.29, 0.717) is 5.15 Å². The molecule has 0 aliphatic rings. The third-order valence-corrected chi connectivity index (χ3v) is 3.22. The molecule has 0 radical (unpaired) electrons. The lowest BCUT2D eigenvalue weighted by atomic mass is 10.1.